The van der Waals surface area contributed by atoms with Crippen molar-refractivity contribution in [1.82, 2.24) is 4.90 Å². The average Bonchev–Trinajstić information content (AvgIpc) is 2.61. The first-order chi connectivity index (χ1) is 11.7. The van der Waals surface area contributed by atoms with Gasteiger partial charge in [-0.25, -0.2) is 0 Å². The zero-order valence-electron chi connectivity index (χ0n) is 15.0. The Kier molecular flexibility index (Phi) is 7.07. The minimum Gasteiger partial charge on any atom is -0.493 e. The molecule has 2 aromatic rings. The summed E-state index contributed by atoms with van der Waals surface area (Å²) in [5, 5.41) is 5.09. The zero-order valence-corrected chi connectivity index (χ0v) is 15.0. The summed E-state index contributed by atoms with van der Waals surface area (Å²) in [6.45, 7) is 9.15. The van der Waals surface area contributed by atoms with E-state index in [4.69, 9.17) is 4.74 Å². The Morgan fingerprint density at radius 1 is 1.04 bits per heavy atom. The fraction of sp³-hybridized carbons (Fsp3) is 0.450. The molecule has 2 aromatic carbocycles. The van der Waals surface area contributed by atoms with Crippen LogP contribution in [0.5, 0.6) is 5.75 Å². The van der Waals surface area contributed by atoms with Crippen molar-refractivity contribution in [3.8, 4) is 5.75 Å². The van der Waals surface area contributed by atoms with Crippen molar-refractivity contribution in [1.29, 1.82) is 0 Å². The van der Waals surface area contributed by atoms with Crippen LogP contribution in [-0.4, -0.2) is 37.0 Å². The fourth-order valence-electron chi connectivity index (χ4n) is 2.67. The van der Waals surface area contributed by atoms with Crippen LogP contribution in [0.25, 0.3) is 10.8 Å². The van der Waals surface area contributed by atoms with Crippen LogP contribution in [0.1, 0.15) is 33.6 Å². The minimum atomic E-state index is 0.0171. The van der Waals surface area contributed by atoms with Gasteiger partial charge in [-0.2, -0.15) is 0 Å². The summed E-state index contributed by atoms with van der Waals surface area (Å²) in [5.41, 5.74) is 0.839. The molecule has 0 fully saturated rings. The second-order valence-corrected chi connectivity index (χ2v) is 5.87. The normalized spacial score (nSPS) is 11.0. The monoisotopic (exact) mass is 328 g/mol. The summed E-state index contributed by atoms with van der Waals surface area (Å²) < 4.78 is 5.90. The highest BCUT2D eigenvalue weighted by Gasteiger charge is 2.11. The van der Waals surface area contributed by atoms with Gasteiger partial charge in [0.1, 0.15) is 5.75 Å². The molecule has 1 N–H and O–H groups in total. The zero-order chi connectivity index (χ0) is 17.4. The lowest BCUT2D eigenvalue weighted by Gasteiger charge is -2.18. The molecule has 24 heavy (non-hydrogen) atoms. The molecule has 0 saturated heterocycles. The molecule has 0 aliphatic heterocycles. The van der Waals surface area contributed by atoms with E-state index in [1.807, 2.05) is 36.4 Å². The van der Waals surface area contributed by atoms with Crippen molar-refractivity contribution in [2.75, 3.05) is 31.6 Å². The summed E-state index contributed by atoms with van der Waals surface area (Å²) in [7, 11) is 0. The molecule has 0 bridgehead atoms. The van der Waals surface area contributed by atoms with Crippen LogP contribution in [0.3, 0.4) is 0 Å². The first kappa shape index (κ1) is 18.3. The van der Waals surface area contributed by atoms with Gasteiger partial charge in [-0.15, -0.1) is 0 Å². The van der Waals surface area contributed by atoms with Gasteiger partial charge < -0.3 is 10.1 Å². The molecule has 0 spiro atoms. The van der Waals surface area contributed by atoms with Crippen LogP contribution >= 0.6 is 0 Å². The Bertz CT molecular complexity index is 666. The molecule has 0 saturated carbocycles. The second kappa shape index (κ2) is 9.28. The number of unbranched alkanes of at least 4 members (excludes halogenated alkanes) is 1. The summed E-state index contributed by atoms with van der Waals surface area (Å²) in [5.74, 6) is 0.893. The highest BCUT2D eigenvalue weighted by atomic mass is 16.5. The molecule has 0 atom stereocenters. The number of ether oxygens (including phenoxy) is 1. The summed E-state index contributed by atoms with van der Waals surface area (Å²) >= 11 is 0. The highest BCUT2D eigenvalue weighted by Crippen LogP contribution is 2.31. The lowest BCUT2D eigenvalue weighted by Crippen LogP contribution is -2.32. The summed E-state index contributed by atoms with van der Waals surface area (Å²) in [6.07, 6.45) is 2.15. The number of carbonyl (C=O) groups excluding carboxylic acids is 1. The van der Waals surface area contributed by atoms with E-state index in [9.17, 15) is 4.79 Å². The largest absolute Gasteiger partial charge is 0.493 e. The lowest BCUT2D eigenvalue weighted by molar-refractivity contribution is -0.117. The number of anilines is 1. The Balaban J connectivity index is 2.19. The smallest absolute Gasteiger partial charge is 0.238 e. The molecule has 1 amide bonds. The van der Waals surface area contributed by atoms with E-state index in [-0.39, 0.29) is 5.91 Å². The summed E-state index contributed by atoms with van der Waals surface area (Å²) in [6, 6.07) is 11.9. The quantitative estimate of drug-likeness (QED) is 0.698. The Hall–Kier alpha value is -2.07. The maximum Gasteiger partial charge on any atom is 0.238 e. The predicted octanol–water partition coefficient (Wildman–Crippen LogP) is 4.30. The number of hydrogen-bond acceptors (Lipinski definition) is 3. The molecule has 0 aliphatic carbocycles. The number of carbonyl (C=O) groups is 1. The van der Waals surface area contributed by atoms with Gasteiger partial charge in [0, 0.05) is 16.5 Å². The van der Waals surface area contributed by atoms with Gasteiger partial charge in [0.2, 0.25) is 5.91 Å². The molecule has 0 unspecified atom stereocenters. The Labute approximate surface area is 144 Å². The number of amides is 1. The van der Waals surface area contributed by atoms with Crippen LogP contribution in [0, 0.1) is 0 Å². The predicted molar refractivity (Wildman–Crippen MR) is 101 cm³/mol. The third-order valence-electron chi connectivity index (χ3n) is 4.18. The van der Waals surface area contributed by atoms with Gasteiger partial charge in [-0.05, 0) is 31.6 Å². The van der Waals surface area contributed by atoms with Crippen LogP contribution in [-0.2, 0) is 4.79 Å². The van der Waals surface area contributed by atoms with Gasteiger partial charge in [0.25, 0.3) is 0 Å². The van der Waals surface area contributed by atoms with Crippen molar-refractivity contribution in [3.05, 3.63) is 36.4 Å². The van der Waals surface area contributed by atoms with Gasteiger partial charge in [0.15, 0.2) is 0 Å². The van der Waals surface area contributed by atoms with E-state index >= 15 is 0 Å². The van der Waals surface area contributed by atoms with Crippen LogP contribution < -0.4 is 10.1 Å². The summed E-state index contributed by atoms with van der Waals surface area (Å²) in [4.78, 5) is 14.4. The van der Waals surface area contributed by atoms with Crippen molar-refractivity contribution in [2.45, 2.75) is 33.6 Å². The number of rotatable bonds is 9. The number of hydrogen-bond donors (Lipinski definition) is 1. The van der Waals surface area contributed by atoms with Gasteiger partial charge >= 0.3 is 0 Å². The fourth-order valence-corrected chi connectivity index (χ4v) is 2.67. The number of benzene rings is 2. The number of nitrogens with one attached hydrogen (secondary N) is 1. The Morgan fingerprint density at radius 3 is 2.42 bits per heavy atom. The first-order valence-corrected chi connectivity index (χ1v) is 8.86. The molecule has 4 heteroatoms. The first-order valence-electron chi connectivity index (χ1n) is 8.86. The maximum atomic E-state index is 12.3. The highest BCUT2D eigenvalue weighted by molar-refractivity contribution is 6.04. The number of fused-ring (bicyclic) bond motifs is 1. The molecular weight excluding hydrogens is 300 g/mol. The van der Waals surface area contributed by atoms with E-state index in [0.717, 1.165) is 48.1 Å². The molecule has 2 rings (SSSR count). The third-order valence-corrected chi connectivity index (χ3v) is 4.18. The number of likely N-dealkylation sites (N-methyl/N-ethyl adjacent to an activating group) is 1. The molecule has 4 nitrogen and oxygen atoms in total. The molecule has 0 aromatic heterocycles. The third kappa shape index (κ3) is 4.71. The van der Waals surface area contributed by atoms with Crippen molar-refractivity contribution < 1.29 is 9.53 Å². The topological polar surface area (TPSA) is 41.6 Å². The van der Waals surface area contributed by atoms with Crippen LogP contribution in [0.2, 0.25) is 0 Å². The maximum absolute atomic E-state index is 12.3. The van der Waals surface area contributed by atoms with E-state index in [1.54, 1.807) is 0 Å². The average molecular weight is 328 g/mol. The van der Waals surface area contributed by atoms with Gasteiger partial charge in [0.05, 0.1) is 13.2 Å². The van der Waals surface area contributed by atoms with Crippen molar-refractivity contribution in [2.24, 2.45) is 0 Å². The van der Waals surface area contributed by atoms with Crippen molar-refractivity contribution in [3.63, 3.8) is 0 Å². The molecule has 0 aliphatic rings. The molecule has 0 radical (unpaired) electrons. The van der Waals surface area contributed by atoms with E-state index in [0.29, 0.717) is 13.2 Å². The molecule has 130 valence electrons. The van der Waals surface area contributed by atoms with Crippen molar-refractivity contribution >= 4 is 22.4 Å². The molecular formula is C20H28N2O2. The van der Waals surface area contributed by atoms with Crippen LogP contribution in [0.4, 0.5) is 5.69 Å². The number of nitrogens with zero attached hydrogens (tertiary/aromatic N) is 1. The SMILES string of the molecule is CCCCOc1ccc(NC(=O)CN(CC)CC)c2ccccc12. The minimum absolute atomic E-state index is 0.0171. The standard InChI is InChI=1S/C20H28N2O2/c1-4-7-14-24-19-13-12-18(16-10-8-9-11-17(16)19)21-20(23)15-22(5-2)6-3/h8-13H,4-7,14-15H2,1-3H3,(H,21,23). The lowest BCUT2D eigenvalue weighted by atomic mass is 10.1. The van der Waals surface area contributed by atoms with E-state index < -0.39 is 0 Å². The van der Waals surface area contributed by atoms with E-state index in [2.05, 4.69) is 31.0 Å². The van der Waals surface area contributed by atoms with Gasteiger partial charge in [-0.3, -0.25) is 9.69 Å². The molecule has 0 heterocycles. The second-order valence-electron chi connectivity index (χ2n) is 5.87. The van der Waals surface area contributed by atoms with Gasteiger partial charge in [-0.1, -0.05) is 51.5 Å². The van der Waals surface area contributed by atoms with E-state index in [1.165, 1.54) is 0 Å². The Morgan fingerprint density at radius 2 is 1.75 bits per heavy atom. The van der Waals surface area contributed by atoms with Crippen LogP contribution in [0.15, 0.2) is 36.4 Å².